The number of carbonyl (C=O) groups excluding carboxylic acids is 1. The van der Waals surface area contributed by atoms with E-state index >= 15 is 0 Å². The van der Waals surface area contributed by atoms with Crippen molar-refractivity contribution in [3.63, 3.8) is 0 Å². The van der Waals surface area contributed by atoms with Gasteiger partial charge < -0.3 is 10.2 Å². The van der Waals surface area contributed by atoms with Gasteiger partial charge in [-0.15, -0.1) is 0 Å². The number of rotatable bonds is 5. The fourth-order valence-electron chi connectivity index (χ4n) is 2.93. The van der Waals surface area contributed by atoms with Crippen molar-refractivity contribution in [2.45, 2.75) is 57.5 Å². The van der Waals surface area contributed by atoms with E-state index in [0.717, 1.165) is 18.7 Å². The minimum atomic E-state index is -0.0154. The molecule has 0 atom stereocenters. The van der Waals surface area contributed by atoms with Crippen LogP contribution in [0.1, 0.15) is 50.2 Å². The number of aromatic amines is 1. The smallest absolute Gasteiger partial charge is 0.224 e. The molecule has 1 aliphatic carbocycles. The lowest BCUT2D eigenvalue weighted by molar-refractivity contribution is -0.132. The van der Waals surface area contributed by atoms with E-state index in [4.69, 9.17) is 0 Å². The second-order valence-corrected chi connectivity index (χ2v) is 5.85. The molecule has 1 aromatic rings. The molecule has 0 radical (unpaired) electrons. The molecule has 1 heterocycles. The van der Waals surface area contributed by atoms with Gasteiger partial charge in [-0.1, -0.05) is 19.3 Å². The molecule has 0 spiro atoms. The number of aryl methyl sites for hydroxylation is 1. The first-order chi connectivity index (χ1) is 9.54. The van der Waals surface area contributed by atoms with Gasteiger partial charge in [0.05, 0.1) is 6.54 Å². The van der Waals surface area contributed by atoms with Gasteiger partial charge in [0.2, 0.25) is 5.91 Å². The van der Waals surface area contributed by atoms with E-state index < -0.39 is 0 Å². The maximum atomic E-state index is 12.4. The van der Waals surface area contributed by atoms with E-state index in [1.165, 1.54) is 19.3 Å². The molecular weight excluding hydrogens is 254 g/mol. The summed E-state index contributed by atoms with van der Waals surface area (Å²) in [5, 5.41) is 10.3. The standard InChI is InChI=1S/C14H25N5O/c1-11-16-12(18-17-11)10-19(3)13(20)9-14(15-2)7-5-4-6-8-14/h15H,4-10H2,1-3H3,(H,16,17,18). The predicted molar refractivity (Wildman–Crippen MR) is 77.1 cm³/mol. The summed E-state index contributed by atoms with van der Waals surface area (Å²) in [4.78, 5) is 18.4. The molecule has 0 aromatic carbocycles. The monoisotopic (exact) mass is 279 g/mol. The summed E-state index contributed by atoms with van der Waals surface area (Å²) in [6.45, 7) is 2.32. The number of hydrogen-bond acceptors (Lipinski definition) is 4. The van der Waals surface area contributed by atoms with Gasteiger partial charge in [-0.2, -0.15) is 5.10 Å². The Hall–Kier alpha value is -1.43. The molecule has 1 amide bonds. The lowest BCUT2D eigenvalue weighted by Gasteiger charge is -2.37. The predicted octanol–water partition coefficient (Wildman–Crippen LogP) is 1.38. The topological polar surface area (TPSA) is 73.9 Å². The average molecular weight is 279 g/mol. The molecule has 0 aliphatic heterocycles. The van der Waals surface area contributed by atoms with Gasteiger partial charge in [0.1, 0.15) is 5.82 Å². The number of amides is 1. The first-order valence-corrected chi connectivity index (χ1v) is 7.35. The highest BCUT2D eigenvalue weighted by Crippen LogP contribution is 2.31. The average Bonchev–Trinajstić information content (AvgIpc) is 2.85. The number of carbonyl (C=O) groups is 1. The van der Waals surface area contributed by atoms with Crippen LogP contribution in [0.4, 0.5) is 0 Å². The second-order valence-electron chi connectivity index (χ2n) is 5.85. The van der Waals surface area contributed by atoms with Crippen molar-refractivity contribution in [1.82, 2.24) is 25.4 Å². The molecule has 1 aliphatic rings. The molecular formula is C14H25N5O. The summed E-state index contributed by atoms with van der Waals surface area (Å²) in [5.41, 5.74) is -0.0154. The summed E-state index contributed by atoms with van der Waals surface area (Å²) in [5.74, 6) is 1.60. The fourth-order valence-corrected chi connectivity index (χ4v) is 2.93. The van der Waals surface area contributed by atoms with Crippen LogP contribution in [0.25, 0.3) is 0 Å². The summed E-state index contributed by atoms with van der Waals surface area (Å²) >= 11 is 0. The Kier molecular flexibility index (Phi) is 4.75. The molecule has 2 rings (SSSR count). The first kappa shape index (κ1) is 15.0. The minimum absolute atomic E-state index is 0.0154. The van der Waals surface area contributed by atoms with E-state index in [9.17, 15) is 4.79 Å². The normalized spacial score (nSPS) is 17.9. The number of H-pyrrole nitrogens is 1. The van der Waals surface area contributed by atoms with E-state index in [2.05, 4.69) is 20.5 Å². The van der Waals surface area contributed by atoms with Crippen LogP contribution < -0.4 is 5.32 Å². The van der Waals surface area contributed by atoms with Crippen LogP contribution in [0.3, 0.4) is 0 Å². The summed E-state index contributed by atoms with van der Waals surface area (Å²) in [6.07, 6.45) is 6.43. The number of nitrogens with zero attached hydrogens (tertiary/aromatic N) is 3. The van der Waals surface area contributed by atoms with Crippen molar-refractivity contribution >= 4 is 5.91 Å². The summed E-state index contributed by atoms with van der Waals surface area (Å²) < 4.78 is 0. The Morgan fingerprint density at radius 3 is 2.65 bits per heavy atom. The quantitative estimate of drug-likeness (QED) is 0.854. The van der Waals surface area contributed by atoms with Crippen molar-refractivity contribution in [2.75, 3.05) is 14.1 Å². The molecule has 1 aromatic heterocycles. The highest BCUT2D eigenvalue weighted by atomic mass is 16.2. The second kappa shape index (κ2) is 6.35. The van der Waals surface area contributed by atoms with Crippen LogP contribution in [-0.4, -0.2) is 45.6 Å². The number of hydrogen-bond donors (Lipinski definition) is 2. The lowest BCUT2D eigenvalue weighted by atomic mass is 9.79. The third-order valence-electron chi connectivity index (χ3n) is 4.28. The summed E-state index contributed by atoms with van der Waals surface area (Å²) in [6, 6.07) is 0. The van der Waals surface area contributed by atoms with Crippen molar-refractivity contribution in [1.29, 1.82) is 0 Å². The Labute approximate surface area is 120 Å². The maximum absolute atomic E-state index is 12.4. The van der Waals surface area contributed by atoms with Gasteiger partial charge in [0.15, 0.2) is 5.82 Å². The molecule has 6 heteroatoms. The Bertz CT molecular complexity index is 450. The van der Waals surface area contributed by atoms with Gasteiger partial charge in [-0.05, 0) is 26.8 Å². The Morgan fingerprint density at radius 1 is 1.40 bits per heavy atom. The van der Waals surface area contributed by atoms with Gasteiger partial charge >= 0.3 is 0 Å². The summed E-state index contributed by atoms with van der Waals surface area (Å²) in [7, 11) is 3.79. The van der Waals surface area contributed by atoms with Gasteiger partial charge in [-0.3, -0.25) is 9.89 Å². The van der Waals surface area contributed by atoms with Gasteiger partial charge in [-0.25, -0.2) is 4.98 Å². The third-order valence-corrected chi connectivity index (χ3v) is 4.28. The van der Waals surface area contributed by atoms with E-state index in [1.54, 1.807) is 4.90 Å². The highest BCUT2D eigenvalue weighted by molar-refractivity contribution is 5.77. The maximum Gasteiger partial charge on any atom is 0.224 e. The van der Waals surface area contributed by atoms with Crippen LogP contribution >= 0.6 is 0 Å². The third kappa shape index (κ3) is 3.56. The van der Waals surface area contributed by atoms with Crippen LogP contribution in [0.5, 0.6) is 0 Å². The highest BCUT2D eigenvalue weighted by Gasteiger charge is 2.33. The molecule has 0 unspecified atom stereocenters. The van der Waals surface area contributed by atoms with Crippen molar-refractivity contribution in [3.05, 3.63) is 11.6 Å². The van der Waals surface area contributed by atoms with Gasteiger partial charge in [0, 0.05) is 19.0 Å². The van der Waals surface area contributed by atoms with E-state index in [0.29, 0.717) is 18.8 Å². The SMILES string of the molecule is CNC1(CC(=O)N(C)Cc2n[nH]c(C)n2)CCCCC1. The Morgan fingerprint density at radius 2 is 2.10 bits per heavy atom. The van der Waals surface area contributed by atoms with Gasteiger partial charge in [0.25, 0.3) is 0 Å². The fraction of sp³-hybridized carbons (Fsp3) is 0.786. The van der Waals surface area contributed by atoms with Crippen LogP contribution in [0.15, 0.2) is 0 Å². The lowest BCUT2D eigenvalue weighted by Crippen LogP contribution is -2.48. The first-order valence-electron chi connectivity index (χ1n) is 7.35. The van der Waals surface area contributed by atoms with E-state index in [-0.39, 0.29) is 11.4 Å². The van der Waals surface area contributed by atoms with Crippen LogP contribution in [0.2, 0.25) is 0 Å². The Balaban J connectivity index is 1.92. The molecule has 112 valence electrons. The molecule has 20 heavy (non-hydrogen) atoms. The molecule has 2 N–H and O–H groups in total. The number of nitrogens with one attached hydrogen (secondary N) is 2. The zero-order valence-electron chi connectivity index (χ0n) is 12.7. The number of aromatic nitrogens is 3. The zero-order valence-corrected chi connectivity index (χ0v) is 12.7. The largest absolute Gasteiger partial charge is 0.338 e. The van der Waals surface area contributed by atoms with Crippen molar-refractivity contribution < 1.29 is 4.79 Å². The molecule has 0 saturated heterocycles. The minimum Gasteiger partial charge on any atom is -0.338 e. The molecule has 1 fully saturated rings. The van der Waals surface area contributed by atoms with E-state index in [1.807, 2.05) is 21.0 Å². The molecule has 1 saturated carbocycles. The molecule has 6 nitrogen and oxygen atoms in total. The van der Waals surface area contributed by atoms with Crippen LogP contribution in [-0.2, 0) is 11.3 Å². The van der Waals surface area contributed by atoms with Crippen molar-refractivity contribution in [3.8, 4) is 0 Å². The molecule has 0 bridgehead atoms. The van der Waals surface area contributed by atoms with Crippen molar-refractivity contribution in [2.24, 2.45) is 0 Å². The van der Waals surface area contributed by atoms with Crippen LogP contribution in [0, 0.1) is 6.92 Å². The zero-order chi connectivity index (χ0) is 14.6.